The molecule has 0 heterocycles. The zero-order chi connectivity index (χ0) is 25.9. The fourth-order valence-corrected chi connectivity index (χ4v) is 6.23. The number of thioether (sulfide) groups is 1. The zero-order valence-electron chi connectivity index (χ0n) is 22.0. The van der Waals surface area contributed by atoms with Gasteiger partial charge in [0.25, 0.3) is 5.91 Å². The number of aliphatic carboxylic acids is 1. The lowest BCUT2D eigenvalue weighted by molar-refractivity contribution is -0.136. The van der Waals surface area contributed by atoms with Gasteiger partial charge in [0.1, 0.15) is 0 Å². The number of carbonyl (C=O) groups excluding carboxylic acids is 1. The van der Waals surface area contributed by atoms with Crippen molar-refractivity contribution in [3.8, 4) is 0 Å². The van der Waals surface area contributed by atoms with Crippen LogP contribution in [0.5, 0.6) is 0 Å². The van der Waals surface area contributed by atoms with E-state index in [0.717, 1.165) is 19.3 Å². The fourth-order valence-electron chi connectivity index (χ4n) is 4.92. The number of nitrogens with one attached hydrogen (secondary N) is 1. The number of hydrogen-bond donors (Lipinski definition) is 2. The van der Waals surface area contributed by atoms with Crippen molar-refractivity contribution in [3.05, 3.63) is 71.4 Å². The molecular weight excluding hydrogens is 466 g/mol. The number of carbonyl (C=O) groups is 2. The van der Waals surface area contributed by atoms with E-state index in [9.17, 15) is 9.59 Å². The number of benzene rings is 1. The van der Waals surface area contributed by atoms with Crippen molar-refractivity contribution in [1.29, 1.82) is 0 Å². The van der Waals surface area contributed by atoms with Crippen LogP contribution < -0.4 is 5.32 Å². The molecule has 3 unspecified atom stereocenters. The lowest BCUT2D eigenvalue weighted by Gasteiger charge is -2.26. The Kier molecular flexibility index (Phi) is 11.1. The molecule has 3 rings (SSSR count). The van der Waals surface area contributed by atoms with Crippen LogP contribution in [0.15, 0.2) is 70.7 Å². The molecule has 0 fully saturated rings. The molecule has 2 aliphatic rings. The van der Waals surface area contributed by atoms with Crippen LogP contribution in [0.4, 0.5) is 0 Å². The second kappa shape index (κ2) is 14.3. The third-order valence-electron chi connectivity index (χ3n) is 6.82. The average molecular weight is 508 g/mol. The molecule has 3 atom stereocenters. The van der Waals surface area contributed by atoms with Gasteiger partial charge in [0.15, 0.2) is 0 Å². The summed E-state index contributed by atoms with van der Waals surface area (Å²) in [5.74, 6) is -0.137. The number of allylic oxidation sites excluding steroid dienone is 6. The SMILES string of the molecule is CCCCCCC(Sc1ccc(C2=CC(C)CC(C)=C2)cc1)C1C=CC(C(=O)NCCC(=O)O)=CC1. The van der Waals surface area contributed by atoms with Gasteiger partial charge in [-0.15, -0.1) is 11.8 Å². The topological polar surface area (TPSA) is 66.4 Å². The first-order valence-corrected chi connectivity index (χ1v) is 14.3. The summed E-state index contributed by atoms with van der Waals surface area (Å²) >= 11 is 1.96. The molecule has 0 saturated carbocycles. The molecule has 4 nitrogen and oxygen atoms in total. The molecule has 0 radical (unpaired) electrons. The Morgan fingerprint density at radius 1 is 1.17 bits per heavy atom. The summed E-state index contributed by atoms with van der Waals surface area (Å²) in [6.45, 7) is 6.89. The van der Waals surface area contributed by atoms with E-state index in [-0.39, 0.29) is 18.9 Å². The van der Waals surface area contributed by atoms with Crippen molar-refractivity contribution in [1.82, 2.24) is 5.32 Å². The second-order valence-electron chi connectivity index (χ2n) is 10.1. The summed E-state index contributed by atoms with van der Waals surface area (Å²) in [7, 11) is 0. The minimum atomic E-state index is -0.906. The van der Waals surface area contributed by atoms with Gasteiger partial charge in [-0.3, -0.25) is 9.59 Å². The Morgan fingerprint density at radius 3 is 2.58 bits per heavy atom. The van der Waals surface area contributed by atoms with E-state index in [1.54, 1.807) is 0 Å². The summed E-state index contributed by atoms with van der Waals surface area (Å²) in [5.41, 5.74) is 4.68. The Labute approximate surface area is 221 Å². The molecule has 0 saturated heterocycles. The molecule has 1 amide bonds. The minimum Gasteiger partial charge on any atom is -0.481 e. The van der Waals surface area contributed by atoms with E-state index in [1.807, 2.05) is 23.9 Å². The van der Waals surface area contributed by atoms with Crippen LogP contribution in [0.25, 0.3) is 5.57 Å². The van der Waals surface area contributed by atoms with Crippen molar-refractivity contribution in [2.75, 3.05) is 6.54 Å². The molecule has 0 aliphatic heterocycles. The smallest absolute Gasteiger partial charge is 0.305 e. The normalized spacial score (nSPS) is 20.2. The van der Waals surface area contributed by atoms with Gasteiger partial charge in [0.2, 0.25) is 0 Å². The van der Waals surface area contributed by atoms with Gasteiger partial charge in [0, 0.05) is 22.3 Å². The van der Waals surface area contributed by atoms with Crippen LogP contribution in [0.2, 0.25) is 0 Å². The van der Waals surface area contributed by atoms with Gasteiger partial charge >= 0.3 is 5.97 Å². The van der Waals surface area contributed by atoms with Crippen molar-refractivity contribution in [2.24, 2.45) is 11.8 Å². The number of hydrogen-bond acceptors (Lipinski definition) is 3. The highest BCUT2D eigenvalue weighted by molar-refractivity contribution is 8.00. The van der Waals surface area contributed by atoms with Gasteiger partial charge in [-0.1, -0.05) is 87.6 Å². The fraction of sp³-hybridized carbons (Fsp3) is 0.484. The summed E-state index contributed by atoms with van der Waals surface area (Å²) < 4.78 is 0. The first-order chi connectivity index (χ1) is 17.4. The molecule has 36 heavy (non-hydrogen) atoms. The molecule has 0 bridgehead atoms. The van der Waals surface area contributed by atoms with Crippen molar-refractivity contribution >= 4 is 29.2 Å². The highest BCUT2D eigenvalue weighted by Gasteiger charge is 2.23. The molecule has 2 N–H and O–H groups in total. The maximum Gasteiger partial charge on any atom is 0.305 e. The number of rotatable bonds is 13. The third-order valence-corrected chi connectivity index (χ3v) is 8.26. The number of unbranched alkanes of at least 4 members (excludes halogenated alkanes) is 3. The quantitative estimate of drug-likeness (QED) is 0.213. The molecule has 2 aliphatic carbocycles. The molecule has 1 aromatic rings. The van der Waals surface area contributed by atoms with Crippen LogP contribution in [0.1, 0.15) is 77.7 Å². The molecule has 5 heteroatoms. The van der Waals surface area contributed by atoms with E-state index in [0.29, 0.717) is 22.7 Å². The average Bonchev–Trinajstić information content (AvgIpc) is 2.85. The summed E-state index contributed by atoms with van der Waals surface area (Å²) in [4.78, 5) is 24.3. The Hall–Kier alpha value is -2.53. The van der Waals surface area contributed by atoms with E-state index in [2.05, 4.69) is 68.6 Å². The van der Waals surface area contributed by atoms with Crippen LogP contribution in [0, 0.1) is 11.8 Å². The molecule has 0 aromatic heterocycles. The van der Waals surface area contributed by atoms with E-state index < -0.39 is 5.97 Å². The van der Waals surface area contributed by atoms with Gasteiger partial charge in [-0.2, -0.15) is 0 Å². The Morgan fingerprint density at radius 2 is 1.94 bits per heavy atom. The third kappa shape index (κ3) is 8.85. The standard InChI is InChI=1S/C31H41NO3S/c1-4-5-6-7-8-29(25-9-11-26(12-10-25)31(35)32-18-17-30(33)34)36-28-15-13-24(14-16-28)27-20-22(2)19-23(3)21-27/h9,11-16,20-22,25,29H,4-8,10,17-19H2,1-3H3,(H,32,35)(H,33,34). The molecular formula is C31H41NO3S. The van der Waals surface area contributed by atoms with Gasteiger partial charge in [-0.05, 0) is 61.3 Å². The maximum atomic E-state index is 12.4. The monoisotopic (exact) mass is 507 g/mol. The predicted octanol–water partition coefficient (Wildman–Crippen LogP) is 7.58. The largest absolute Gasteiger partial charge is 0.481 e. The lowest BCUT2D eigenvalue weighted by atomic mass is 9.89. The molecule has 0 spiro atoms. The van der Waals surface area contributed by atoms with E-state index >= 15 is 0 Å². The van der Waals surface area contributed by atoms with Crippen LogP contribution >= 0.6 is 11.8 Å². The van der Waals surface area contributed by atoms with Crippen molar-refractivity contribution < 1.29 is 14.7 Å². The first kappa shape index (κ1) is 28.0. The van der Waals surface area contributed by atoms with Crippen molar-refractivity contribution in [2.45, 2.75) is 82.3 Å². The van der Waals surface area contributed by atoms with Crippen molar-refractivity contribution in [3.63, 3.8) is 0 Å². The zero-order valence-corrected chi connectivity index (χ0v) is 22.8. The molecule has 194 valence electrons. The number of amides is 1. The second-order valence-corrected chi connectivity index (χ2v) is 11.5. The summed E-state index contributed by atoms with van der Waals surface area (Å²) in [6.07, 6.45) is 18.8. The predicted molar refractivity (Wildman–Crippen MR) is 151 cm³/mol. The van der Waals surface area contributed by atoms with Crippen LogP contribution in [-0.4, -0.2) is 28.8 Å². The first-order valence-electron chi connectivity index (χ1n) is 13.4. The summed E-state index contributed by atoms with van der Waals surface area (Å²) in [5, 5.41) is 11.9. The molecule has 1 aromatic carbocycles. The van der Waals surface area contributed by atoms with E-state index in [1.165, 1.54) is 47.3 Å². The maximum absolute atomic E-state index is 12.4. The lowest BCUT2D eigenvalue weighted by Crippen LogP contribution is -2.28. The van der Waals surface area contributed by atoms with Gasteiger partial charge < -0.3 is 10.4 Å². The Bertz CT molecular complexity index is 1020. The highest BCUT2D eigenvalue weighted by atomic mass is 32.2. The minimum absolute atomic E-state index is 0.0627. The van der Waals surface area contributed by atoms with Crippen LogP contribution in [-0.2, 0) is 9.59 Å². The summed E-state index contributed by atoms with van der Waals surface area (Å²) in [6, 6.07) is 9.01. The number of carboxylic acid groups (broad SMARTS) is 1. The van der Waals surface area contributed by atoms with Gasteiger partial charge in [0.05, 0.1) is 6.42 Å². The van der Waals surface area contributed by atoms with Gasteiger partial charge in [-0.25, -0.2) is 0 Å². The van der Waals surface area contributed by atoms with Crippen LogP contribution in [0.3, 0.4) is 0 Å². The number of carboxylic acids is 1. The highest BCUT2D eigenvalue weighted by Crippen LogP contribution is 2.37. The van der Waals surface area contributed by atoms with E-state index in [4.69, 9.17) is 5.11 Å². The Balaban J connectivity index is 1.64.